The summed E-state index contributed by atoms with van der Waals surface area (Å²) in [6, 6.07) is 3.53. The maximum absolute atomic E-state index is 13.7. The Morgan fingerprint density at radius 3 is 2.55 bits per heavy atom. The van der Waals surface area contributed by atoms with Gasteiger partial charge in [-0.1, -0.05) is 13.8 Å². The number of rotatable bonds is 6. The number of aryl methyl sites for hydroxylation is 1. The molecule has 2 aromatic heterocycles. The summed E-state index contributed by atoms with van der Waals surface area (Å²) in [6.07, 6.45) is 3.05. The molecule has 3 aromatic rings. The Balaban J connectivity index is 1.41. The Morgan fingerprint density at radius 2 is 1.91 bits per heavy atom. The van der Waals surface area contributed by atoms with Crippen molar-refractivity contribution in [2.45, 2.75) is 26.8 Å². The Bertz CT molecular complexity index is 1170. The average molecular weight is 455 g/mol. The normalized spacial score (nSPS) is 14.8. The van der Waals surface area contributed by atoms with E-state index in [0.717, 1.165) is 5.56 Å². The molecular formula is C23H27FN6O3. The second kappa shape index (κ2) is 9.05. The Kier molecular flexibility index (Phi) is 6.17. The molecule has 0 bridgehead atoms. The fraction of sp³-hybridized carbons (Fsp3) is 0.391. The van der Waals surface area contributed by atoms with Crippen LogP contribution in [0.4, 0.5) is 20.8 Å². The summed E-state index contributed by atoms with van der Waals surface area (Å²) < 4.78 is 19.6. The number of fused-ring (bicyclic) bond motifs is 1. The lowest BCUT2D eigenvalue weighted by Gasteiger charge is -2.37. The van der Waals surface area contributed by atoms with Gasteiger partial charge in [0.25, 0.3) is 0 Å². The maximum Gasteiger partial charge on any atom is 0.319 e. The van der Waals surface area contributed by atoms with Crippen molar-refractivity contribution in [2.75, 3.05) is 30.4 Å². The molecular weight excluding hydrogens is 427 g/mol. The van der Waals surface area contributed by atoms with Crippen molar-refractivity contribution >= 4 is 34.5 Å². The number of furan rings is 1. The Morgan fingerprint density at radius 1 is 1.21 bits per heavy atom. The number of urea groups is 1. The molecule has 3 amide bonds. The summed E-state index contributed by atoms with van der Waals surface area (Å²) in [5.74, 6) is 0.731. The molecule has 1 saturated heterocycles. The summed E-state index contributed by atoms with van der Waals surface area (Å²) in [5, 5.41) is 8.99. The second-order valence-electron chi connectivity index (χ2n) is 8.54. The van der Waals surface area contributed by atoms with Crippen LogP contribution >= 0.6 is 0 Å². The minimum absolute atomic E-state index is 0.00531. The van der Waals surface area contributed by atoms with Gasteiger partial charge in [-0.05, 0) is 31.0 Å². The van der Waals surface area contributed by atoms with E-state index in [1.54, 1.807) is 13.1 Å². The van der Waals surface area contributed by atoms with Crippen molar-refractivity contribution < 1.29 is 18.4 Å². The zero-order chi connectivity index (χ0) is 23.7. The second-order valence-corrected chi connectivity index (χ2v) is 8.54. The highest BCUT2D eigenvalue weighted by Gasteiger charge is 2.33. The van der Waals surface area contributed by atoms with Gasteiger partial charge in [0.05, 0.1) is 30.0 Å². The standard InChI is InChI=1S/C23H27FN6O3/c1-12(2)19(20-13(3)17-7-15(24)5-6-18(17)33-20)29-23(32)28-16-8-26-22(27-9-16)30-10-14(11-30)21(31)25-4/h5-9,12,14,19H,10-11H2,1-4H3,(H,25,31)(H2,28,29,32)/t19-/m0/s1. The Labute approximate surface area is 190 Å². The number of benzene rings is 1. The van der Waals surface area contributed by atoms with E-state index in [4.69, 9.17) is 4.42 Å². The highest BCUT2D eigenvalue weighted by Crippen LogP contribution is 2.33. The van der Waals surface area contributed by atoms with Gasteiger partial charge in [0.1, 0.15) is 17.2 Å². The Hall–Kier alpha value is -3.69. The van der Waals surface area contributed by atoms with Crippen molar-refractivity contribution in [1.82, 2.24) is 20.6 Å². The molecule has 4 rings (SSSR count). The molecule has 174 valence electrons. The highest BCUT2D eigenvalue weighted by molar-refractivity contribution is 5.89. The van der Waals surface area contributed by atoms with Gasteiger partial charge in [0.15, 0.2) is 0 Å². The van der Waals surface area contributed by atoms with E-state index in [2.05, 4.69) is 25.9 Å². The molecule has 3 heterocycles. The van der Waals surface area contributed by atoms with Crippen molar-refractivity contribution in [3.63, 3.8) is 0 Å². The van der Waals surface area contributed by atoms with Crippen molar-refractivity contribution in [3.8, 4) is 0 Å². The molecule has 1 fully saturated rings. The van der Waals surface area contributed by atoms with E-state index < -0.39 is 12.1 Å². The number of carbonyl (C=O) groups is 2. The van der Waals surface area contributed by atoms with E-state index in [9.17, 15) is 14.0 Å². The fourth-order valence-electron chi connectivity index (χ4n) is 3.91. The lowest BCUT2D eigenvalue weighted by molar-refractivity contribution is -0.125. The quantitative estimate of drug-likeness (QED) is 0.527. The monoisotopic (exact) mass is 454 g/mol. The van der Waals surface area contributed by atoms with Crippen LogP contribution in [0.5, 0.6) is 0 Å². The predicted molar refractivity (Wildman–Crippen MR) is 122 cm³/mol. The minimum Gasteiger partial charge on any atom is -0.459 e. The molecule has 1 aromatic carbocycles. The number of nitrogens with one attached hydrogen (secondary N) is 3. The molecule has 1 aliphatic heterocycles. The fourth-order valence-corrected chi connectivity index (χ4v) is 3.91. The van der Waals surface area contributed by atoms with E-state index in [-0.39, 0.29) is 23.6 Å². The molecule has 1 atom stereocenters. The lowest BCUT2D eigenvalue weighted by Crippen LogP contribution is -2.53. The van der Waals surface area contributed by atoms with Gasteiger partial charge in [0.2, 0.25) is 11.9 Å². The largest absolute Gasteiger partial charge is 0.459 e. The first-order chi connectivity index (χ1) is 15.8. The molecule has 0 unspecified atom stereocenters. The van der Waals surface area contributed by atoms with Crippen molar-refractivity contribution in [1.29, 1.82) is 0 Å². The van der Waals surface area contributed by atoms with Crippen LogP contribution in [0.25, 0.3) is 11.0 Å². The minimum atomic E-state index is -0.431. The van der Waals surface area contributed by atoms with Gasteiger partial charge in [-0.2, -0.15) is 0 Å². The molecule has 0 aliphatic carbocycles. The molecule has 0 saturated carbocycles. The van der Waals surface area contributed by atoms with E-state index in [1.807, 2.05) is 25.7 Å². The summed E-state index contributed by atoms with van der Waals surface area (Å²) in [6.45, 7) is 6.91. The molecule has 0 radical (unpaired) electrons. The van der Waals surface area contributed by atoms with Gasteiger partial charge in [-0.3, -0.25) is 4.79 Å². The van der Waals surface area contributed by atoms with Gasteiger partial charge in [-0.25, -0.2) is 19.2 Å². The van der Waals surface area contributed by atoms with Gasteiger partial charge in [0, 0.05) is 31.1 Å². The summed E-state index contributed by atoms with van der Waals surface area (Å²) in [7, 11) is 1.62. The first kappa shape index (κ1) is 22.5. The first-order valence-corrected chi connectivity index (χ1v) is 10.8. The lowest BCUT2D eigenvalue weighted by atomic mass is 9.98. The molecule has 33 heavy (non-hydrogen) atoms. The predicted octanol–water partition coefficient (Wildman–Crippen LogP) is 3.37. The number of nitrogens with zero attached hydrogens (tertiary/aromatic N) is 3. The summed E-state index contributed by atoms with van der Waals surface area (Å²) in [5.41, 5.74) is 1.80. The maximum atomic E-state index is 13.7. The van der Waals surface area contributed by atoms with Crippen LogP contribution in [-0.2, 0) is 4.79 Å². The van der Waals surface area contributed by atoms with Gasteiger partial charge in [-0.15, -0.1) is 0 Å². The summed E-state index contributed by atoms with van der Waals surface area (Å²) >= 11 is 0. The number of aromatic nitrogens is 2. The van der Waals surface area contributed by atoms with E-state index in [0.29, 0.717) is 41.5 Å². The number of anilines is 2. The molecule has 1 aliphatic rings. The first-order valence-electron chi connectivity index (χ1n) is 10.8. The van der Waals surface area contributed by atoms with Gasteiger partial charge >= 0.3 is 6.03 Å². The van der Waals surface area contributed by atoms with Crippen molar-refractivity contribution in [3.05, 3.63) is 47.7 Å². The van der Waals surface area contributed by atoms with Crippen LogP contribution in [0.15, 0.2) is 35.0 Å². The number of amides is 3. The van der Waals surface area contributed by atoms with Crippen LogP contribution in [0.2, 0.25) is 0 Å². The smallest absolute Gasteiger partial charge is 0.319 e. The third kappa shape index (κ3) is 4.59. The molecule has 0 spiro atoms. The van der Waals surface area contributed by atoms with Crippen LogP contribution < -0.4 is 20.9 Å². The van der Waals surface area contributed by atoms with E-state index in [1.165, 1.54) is 24.5 Å². The van der Waals surface area contributed by atoms with Crippen molar-refractivity contribution in [2.24, 2.45) is 11.8 Å². The molecule has 9 nitrogen and oxygen atoms in total. The molecule has 3 N–H and O–H groups in total. The van der Waals surface area contributed by atoms with Gasteiger partial charge < -0.3 is 25.3 Å². The van der Waals surface area contributed by atoms with Crippen LogP contribution in [0.1, 0.15) is 31.2 Å². The topological polar surface area (TPSA) is 112 Å². The SMILES string of the molecule is CNC(=O)C1CN(c2ncc(NC(=O)N[C@H](c3oc4ccc(F)cc4c3C)C(C)C)cn2)C1. The average Bonchev–Trinajstić information content (AvgIpc) is 3.07. The third-order valence-electron chi connectivity index (χ3n) is 5.85. The molecule has 10 heteroatoms. The number of carbonyl (C=O) groups excluding carboxylic acids is 2. The third-order valence-corrected chi connectivity index (χ3v) is 5.85. The zero-order valence-corrected chi connectivity index (χ0v) is 19.0. The van der Waals surface area contributed by atoms with Crippen LogP contribution in [0, 0.1) is 24.6 Å². The van der Waals surface area contributed by atoms with E-state index >= 15 is 0 Å². The number of hydrogen-bond acceptors (Lipinski definition) is 6. The number of hydrogen-bond donors (Lipinski definition) is 3. The summed E-state index contributed by atoms with van der Waals surface area (Å²) in [4.78, 5) is 34.8. The highest BCUT2D eigenvalue weighted by atomic mass is 19.1. The number of halogens is 1. The zero-order valence-electron chi connectivity index (χ0n) is 19.0. The van der Waals surface area contributed by atoms with Crippen LogP contribution in [0.3, 0.4) is 0 Å². The van der Waals surface area contributed by atoms with Crippen LogP contribution in [-0.4, -0.2) is 42.0 Å².